The van der Waals surface area contributed by atoms with E-state index in [4.69, 9.17) is 23.2 Å². The number of nitrogens with one attached hydrogen (secondary N) is 1. The first kappa shape index (κ1) is 22.1. The van der Waals surface area contributed by atoms with Crippen LogP contribution in [0.5, 0.6) is 0 Å². The number of benzene rings is 2. The third-order valence-electron chi connectivity index (χ3n) is 5.09. The number of nitrogens with zero attached hydrogens (tertiary/aromatic N) is 2. The van der Waals surface area contributed by atoms with Crippen molar-refractivity contribution in [3.05, 3.63) is 68.6 Å². The highest BCUT2D eigenvalue weighted by Gasteiger charge is 2.26. The van der Waals surface area contributed by atoms with E-state index in [1.54, 1.807) is 24.3 Å². The van der Waals surface area contributed by atoms with Gasteiger partial charge >= 0.3 is 0 Å². The van der Waals surface area contributed by atoms with Crippen molar-refractivity contribution in [3.8, 4) is 0 Å². The van der Waals surface area contributed by atoms with Gasteiger partial charge in [-0.15, -0.1) is 11.3 Å². The van der Waals surface area contributed by atoms with E-state index in [9.17, 15) is 13.2 Å². The average molecular weight is 496 g/mol. The van der Waals surface area contributed by atoms with Crippen molar-refractivity contribution in [1.29, 1.82) is 0 Å². The summed E-state index contributed by atoms with van der Waals surface area (Å²) in [6.07, 6.45) is 4.12. The van der Waals surface area contributed by atoms with Gasteiger partial charge < -0.3 is 0 Å². The van der Waals surface area contributed by atoms with Crippen molar-refractivity contribution >= 4 is 61.3 Å². The van der Waals surface area contributed by atoms with Crippen LogP contribution in [-0.2, 0) is 22.9 Å². The van der Waals surface area contributed by atoms with Crippen molar-refractivity contribution in [2.45, 2.75) is 30.6 Å². The van der Waals surface area contributed by atoms with Crippen LogP contribution in [0, 0.1) is 0 Å². The number of hydrogen-bond acceptors (Lipinski definition) is 5. The zero-order valence-corrected chi connectivity index (χ0v) is 19.7. The van der Waals surface area contributed by atoms with Crippen LogP contribution in [0.3, 0.4) is 0 Å². The van der Waals surface area contributed by atoms with Crippen molar-refractivity contribution < 1.29 is 13.2 Å². The number of amides is 1. The maximum absolute atomic E-state index is 13.2. The molecule has 2 aromatic carbocycles. The molecule has 0 atom stereocenters. The number of halogens is 2. The molecule has 31 heavy (non-hydrogen) atoms. The first-order valence-electron chi connectivity index (χ1n) is 9.59. The minimum absolute atomic E-state index is 0.0297. The average Bonchev–Trinajstić information content (AvgIpc) is 3.16. The number of anilines is 2. The SMILES string of the molecule is CN(c1ccc(Cl)cc1)S(=O)(=O)c1cc(C(=O)Nc2nc3c(s2)CCCC3)ccc1Cl. The Morgan fingerprint density at radius 3 is 2.52 bits per heavy atom. The van der Waals surface area contributed by atoms with Crippen LogP contribution >= 0.6 is 34.5 Å². The Hall–Kier alpha value is -2.13. The molecular weight excluding hydrogens is 477 g/mol. The summed E-state index contributed by atoms with van der Waals surface area (Å²) in [5.41, 5.74) is 1.64. The maximum Gasteiger partial charge on any atom is 0.265 e. The summed E-state index contributed by atoms with van der Waals surface area (Å²) >= 11 is 13.6. The minimum Gasteiger partial charge on any atom is -0.298 e. The molecule has 1 N–H and O–H groups in total. The highest BCUT2D eigenvalue weighted by atomic mass is 35.5. The Morgan fingerprint density at radius 2 is 1.81 bits per heavy atom. The number of aryl methyl sites for hydroxylation is 2. The number of sulfonamides is 1. The third kappa shape index (κ3) is 4.57. The van der Waals surface area contributed by atoms with Gasteiger partial charge in [-0.1, -0.05) is 23.2 Å². The van der Waals surface area contributed by atoms with Gasteiger partial charge in [0, 0.05) is 22.5 Å². The Labute approximate surface area is 194 Å². The molecule has 1 aliphatic rings. The van der Waals surface area contributed by atoms with E-state index in [0.717, 1.165) is 35.7 Å². The first-order chi connectivity index (χ1) is 14.8. The second-order valence-corrected chi connectivity index (χ2v) is 11.0. The normalized spacial score (nSPS) is 13.5. The number of carbonyl (C=O) groups excluding carboxylic acids is 1. The summed E-state index contributed by atoms with van der Waals surface area (Å²) in [4.78, 5) is 18.3. The Kier molecular flexibility index (Phi) is 6.25. The zero-order chi connectivity index (χ0) is 22.2. The number of carbonyl (C=O) groups is 1. The van der Waals surface area contributed by atoms with E-state index in [1.807, 2.05) is 0 Å². The summed E-state index contributed by atoms with van der Waals surface area (Å²) in [5, 5.41) is 3.83. The lowest BCUT2D eigenvalue weighted by molar-refractivity contribution is 0.102. The molecule has 10 heteroatoms. The monoisotopic (exact) mass is 495 g/mol. The van der Waals surface area contributed by atoms with E-state index < -0.39 is 15.9 Å². The molecule has 0 saturated heterocycles. The van der Waals surface area contributed by atoms with Gasteiger partial charge in [0.05, 0.1) is 16.4 Å². The predicted octanol–water partition coefficient (Wildman–Crippen LogP) is 5.41. The largest absolute Gasteiger partial charge is 0.298 e. The fourth-order valence-corrected chi connectivity index (χ4v) is 6.22. The molecular formula is C21H19Cl2N3O3S2. The van der Waals surface area contributed by atoms with Gasteiger partial charge in [-0.3, -0.25) is 14.4 Å². The Morgan fingerprint density at radius 1 is 1.10 bits per heavy atom. The highest BCUT2D eigenvalue weighted by Crippen LogP contribution is 2.31. The molecule has 0 spiro atoms. The van der Waals surface area contributed by atoms with Gasteiger partial charge in [0.15, 0.2) is 5.13 Å². The van der Waals surface area contributed by atoms with Gasteiger partial charge in [-0.05, 0) is 68.1 Å². The van der Waals surface area contributed by atoms with Crippen LogP contribution in [0.15, 0.2) is 47.4 Å². The number of rotatable bonds is 5. The van der Waals surface area contributed by atoms with E-state index >= 15 is 0 Å². The lowest BCUT2D eigenvalue weighted by Crippen LogP contribution is -2.27. The van der Waals surface area contributed by atoms with E-state index in [1.165, 1.54) is 41.5 Å². The Balaban J connectivity index is 1.60. The van der Waals surface area contributed by atoms with Crippen LogP contribution in [0.4, 0.5) is 10.8 Å². The molecule has 1 aromatic heterocycles. The number of thiazole rings is 1. The van der Waals surface area contributed by atoms with Crippen LogP contribution in [0.1, 0.15) is 33.8 Å². The summed E-state index contributed by atoms with van der Waals surface area (Å²) in [6.45, 7) is 0. The molecule has 0 unspecified atom stereocenters. The van der Waals surface area contributed by atoms with Gasteiger partial charge in [0.25, 0.3) is 15.9 Å². The van der Waals surface area contributed by atoms with Gasteiger partial charge in [-0.2, -0.15) is 0 Å². The van der Waals surface area contributed by atoms with Crippen LogP contribution in [0.2, 0.25) is 10.0 Å². The molecule has 4 rings (SSSR count). The van der Waals surface area contributed by atoms with E-state index in [2.05, 4.69) is 10.3 Å². The van der Waals surface area contributed by atoms with Crippen molar-refractivity contribution in [2.75, 3.05) is 16.7 Å². The summed E-state index contributed by atoms with van der Waals surface area (Å²) in [6, 6.07) is 10.6. The summed E-state index contributed by atoms with van der Waals surface area (Å²) < 4.78 is 27.4. The molecule has 0 aliphatic heterocycles. The second kappa shape index (κ2) is 8.78. The van der Waals surface area contributed by atoms with Crippen LogP contribution in [0.25, 0.3) is 0 Å². The van der Waals surface area contributed by atoms with Crippen molar-refractivity contribution in [1.82, 2.24) is 4.98 Å². The molecule has 0 bridgehead atoms. The first-order valence-corrected chi connectivity index (χ1v) is 12.6. The predicted molar refractivity (Wildman–Crippen MR) is 125 cm³/mol. The fraction of sp³-hybridized carbons (Fsp3) is 0.238. The summed E-state index contributed by atoms with van der Waals surface area (Å²) in [5.74, 6) is -0.437. The number of aromatic nitrogens is 1. The van der Waals surface area contributed by atoms with Crippen LogP contribution in [-0.4, -0.2) is 26.4 Å². The van der Waals surface area contributed by atoms with E-state index in [-0.39, 0.29) is 15.5 Å². The highest BCUT2D eigenvalue weighted by molar-refractivity contribution is 7.93. The topological polar surface area (TPSA) is 79.4 Å². The maximum atomic E-state index is 13.2. The molecule has 1 heterocycles. The molecule has 1 aliphatic carbocycles. The standard InChI is InChI=1S/C21H19Cl2N3O3S2/c1-26(15-9-7-14(22)8-10-15)31(28,29)19-12-13(6-11-16(19)23)20(27)25-21-24-17-4-2-3-5-18(17)30-21/h6-12H,2-5H2,1H3,(H,24,25,27). The van der Waals surface area contributed by atoms with Crippen LogP contribution < -0.4 is 9.62 Å². The Bertz CT molecular complexity index is 1220. The fourth-order valence-electron chi connectivity index (χ4n) is 3.35. The quantitative estimate of drug-likeness (QED) is 0.513. The van der Waals surface area contributed by atoms with Gasteiger partial charge in [-0.25, -0.2) is 13.4 Å². The molecule has 6 nitrogen and oxygen atoms in total. The lowest BCUT2D eigenvalue weighted by atomic mass is 10.0. The lowest BCUT2D eigenvalue weighted by Gasteiger charge is -2.20. The zero-order valence-electron chi connectivity index (χ0n) is 16.6. The smallest absolute Gasteiger partial charge is 0.265 e. The summed E-state index contributed by atoms with van der Waals surface area (Å²) in [7, 11) is -2.58. The molecule has 3 aromatic rings. The van der Waals surface area contributed by atoms with Gasteiger partial charge in [0.1, 0.15) is 4.90 Å². The molecule has 0 saturated carbocycles. The molecule has 162 valence electrons. The minimum atomic E-state index is -4.00. The number of hydrogen-bond donors (Lipinski definition) is 1. The molecule has 0 radical (unpaired) electrons. The van der Waals surface area contributed by atoms with Crippen molar-refractivity contribution in [2.24, 2.45) is 0 Å². The molecule has 0 fully saturated rings. The van der Waals surface area contributed by atoms with E-state index in [0.29, 0.717) is 15.8 Å². The molecule has 1 amide bonds. The van der Waals surface area contributed by atoms with Gasteiger partial charge in [0.2, 0.25) is 0 Å². The third-order valence-corrected chi connectivity index (χ3v) is 8.68. The second-order valence-electron chi connectivity index (χ2n) is 7.14. The van der Waals surface area contributed by atoms with Crippen molar-refractivity contribution in [3.63, 3.8) is 0 Å². The number of fused-ring (bicyclic) bond motifs is 1.